The van der Waals surface area contributed by atoms with Crippen LogP contribution in [0, 0.1) is 0 Å². The lowest BCUT2D eigenvalue weighted by molar-refractivity contribution is -0.138. The summed E-state index contributed by atoms with van der Waals surface area (Å²) < 4.78 is 45.9. The third-order valence-corrected chi connectivity index (χ3v) is 5.39. The molecular formula is C19H14ClF3N4O2S. The van der Waals surface area contributed by atoms with Crippen LogP contribution in [0.4, 0.5) is 29.7 Å². The first kappa shape index (κ1) is 20.3. The predicted octanol–water partition coefficient (Wildman–Crippen LogP) is 5.61. The number of methoxy groups -OCH3 is 1. The van der Waals surface area contributed by atoms with Crippen LogP contribution >= 0.6 is 22.9 Å². The van der Waals surface area contributed by atoms with E-state index in [1.54, 1.807) is 17.6 Å². The molecule has 0 spiro atoms. The fraction of sp³-hybridized carbons (Fsp3) is 0.158. The maximum absolute atomic E-state index is 13.5. The number of carbonyl (C=O) groups is 1. The summed E-state index contributed by atoms with van der Waals surface area (Å²) in [6.45, 7) is 0. The topological polar surface area (TPSA) is 75.3 Å². The Balaban J connectivity index is 1.72. The molecule has 0 aliphatic carbocycles. The molecule has 2 aromatic carbocycles. The molecule has 0 fully saturated rings. The van der Waals surface area contributed by atoms with Crippen LogP contribution in [0.5, 0.6) is 5.75 Å². The zero-order chi connectivity index (χ0) is 21.5. The maximum atomic E-state index is 13.5. The Kier molecular flexibility index (Phi) is 5.20. The van der Waals surface area contributed by atoms with Crippen LogP contribution in [-0.2, 0) is 6.18 Å². The molecular weight excluding hydrogens is 441 g/mol. The van der Waals surface area contributed by atoms with E-state index < -0.39 is 23.8 Å². The number of thiazole rings is 1. The highest BCUT2D eigenvalue weighted by molar-refractivity contribution is 7.13. The molecule has 1 atom stereocenters. The van der Waals surface area contributed by atoms with E-state index in [1.807, 2.05) is 0 Å². The summed E-state index contributed by atoms with van der Waals surface area (Å²) in [7, 11) is 1.44. The van der Waals surface area contributed by atoms with E-state index in [9.17, 15) is 18.0 Å². The van der Waals surface area contributed by atoms with Crippen LogP contribution < -0.4 is 20.7 Å². The molecule has 3 N–H and O–H groups in total. The first-order chi connectivity index (χ1) is 14.3. The van der Waals surface area contributed by atoms with Crippen molar-refractivity contribution in [1.82, 2.24) is 4.98 Å². The van der Waals surface area contributed by atoms with E-state index in [4.69, 9.17) is 16.3 Å². The van der Waals surface area contributed by atoms with Crippen LogP contribution in [0.3, 0.4) is 0 Å². The quantitative estimate of drug-likeness (QED) is 0.477. The Morgan fingerprint density at radius 3 is 2.73 bits per heavy atom. The van der Waals surface area contributed by atoms with Gasteiger partial charge in [-0.25, -0.2) is 4.98 Å². The molecule has 1 aromatic heterocycles. The number of hydrogen-bond acceptors (Lipinski definition) is 6. The molecule has 0 bridgehead atoms. The van der Waals surface area contributed by atoms with E-state index in [0.29, 0.717) is 22.3 Å². The van der Waals surface area contributed by atoms with Crippen LogP contribution in [0.1, 0.15) is 27.7 Å². The third-order valence-electron chi connectivity index (χ3n) is 4.47. The van der Waals surface area contributed by atoms with Crippen molar-refractivity contribution < 1.29 is 22.7 Å². The molecule has 4 rings (SSSR count). The lowest BCUT2D eigenvalue weighted by Gasteiger charge is -2.19. The minimum absolute atomic E-state index is 0.0215. The van der Waals surface area contributed by atoms with Crippen LogP contribution in [0.2, 0.25) is 5.02 Å². The van der Waals surface area contributed by atoms with E-state index in [1.165, 1.54) is 36.6 Å². The highest BCUT2D eigenvalue weighted by Crippen LogP contribution is 2.44. The Morgan fingerprint density at radius 2 is 2.07 bits per heavy atom. The third kappa shape index (κ3) is 3.88. The van der Waals surface area contributed by atoms with E-state index in [2.05, 4.69) is 20.9 Å². The fourth-order valence-electron chi connectivity index (χ4n) is 3.15. The second-order valence-corrected chi connectivity index (χ2v) is 7.67. The summed E-state index contributed by atoms with van der Waals surface area (Å²) in [5, 5.41) is 10.7. The Bertz CT molecular complexity index is 1110. The van der Waals surface area contributed by atoms with Crippen LogP contribution in [0.25, 0.3) is 0 Å². The highest BCUT2D eigenvalue weighted by atomic mass is 35.5. The van der Waals surface area contributed by atoms with E-state index in [-0.39, 0.29) is 16.1 Å². The number of halogens is 4. The van der Waals surface area contributed by atoms with Gasteiger partial charge in [-0.1, -0.05) is 17.7 Å². The minimum Gasteiger partial charge on any atom is -0.497 e. The smallest absolute Gasteiger partial charge is 0.416 e. The van der Waals surface area contributed by atoms with Crippen LogP contribution in [0.15, 0.2) is 41.9 Å². The number of amides is 1. The monoisotopic (exact) mass is 454 g/mol. The summed E-state index contributed by atoms with van der Waals surface area (Å²) >= 11 is 7.02. The van der Waals surface area contributed by atoms with Gasteiger partial charge in [-0.05, 0) is 18.2 Å². The van der Waals surface area contributed by atoms with Crippen molar-refractivity contribution >= 4 is 45.4 Å². The van der Waals surface area contributed by atoms with Gasteiger partial charge in [0, 0.05) is 28.2 Å². The summed E-state index contributed by atoms with van der Waals surface area (Å²) in [5.41, 5.74) is 0.0867. The number of aromatic nitrogens is 1. The Labute approximate surface area is 178 Å². The molecule has 0 radical (unpaired) electrons. The van der Waals surface area contributed by atoms with Gasteiger partial charge in [0.2, 0.25) is 0 Å². The molecule has 3 aromatic rings. The molecule has 156 valence electrons. The largest absolute Gasteiger partial charge is 0.497 e. The molecule has 0 saturated heterocycles. The van der Waals surface area contributed by atoms with Gasteiger partial charge in [-0.15, -0.1) is 11.3 Å². The Morgan fingerprint density at radius 1 is 1.27 bits per heavy atom. The van der Waals surface area contributed by atoms with Crippen molar-refractivity contribution in [2.24, 2.45) is 0 Å². The molecule has 1 aliphatic heterocycles. The van der Waals surface area contributed by atoms with Crippen molar-refractivity contribution in [3.63, 3.8) is 0 Å². The highest BCUT2D eigenvalue weighted by Gasteiger charge is 2.37. The number of hydrogen-bond donors (Lipinski definition) is 3. The van der Waals surface area contributed by atoms with Crippen molar-refractivity contribution in [3.05, 3.63) is 63.6 Å². The second kappa shape index (κ2) is 7.69. The Hall–Kier alpha value is -2.98. The molecule has 11 heteroatoms. The second-order valence-electron chi connectivity index (χ2n) is 6.34. The molecule has 2 heterocycles. The van der Waals surface area contributed by atoms with Gasteiger partial charge in [-0.2, -0.15) is 13.2 Å². The molecule has 1 aliphatic rings. The molecule has 1 unspecified atom stereocenters. The summed E-state index contributed by atoms with van der Waals surface area (Å²) in [6, 6.07) is 6.67. The number of fused-ring (bicyclic) bond motifs is 1. The molecule has 1 amide bonds. The zero-order valence-corrected chi connectivity index (χ0v) is 16.9. The van der Waals surface area contributed by atoms with Gasteiger partial charge >= 0.3 is 6.18 Å². The fourth-order valence-corrected chi connectivity index (χ4v) is 3.84. The lowest BCUT2D eigenvalue weighted by atomic mass is 10.0. The molecule has 6 nitrogen and oxygen atoms in total. The van der Waals surface area contributed by atoms with Crippen molar-refractivity contribution in [1.29, 1.82) is 0 Å². The van der Waals surface area contributed by atoms with E-state index in [0.717, 1.165) is 6.07 Å². The summed E-state index contributed by atoms with van der Waals surface area (Å²) in [4.78, 5) is 16.8. The van der Waals surface area contributed by atoms with Gasteiger partial charge in [0.05, 0.1) is 29.6 Å². The first-order valence-corrected chi connectivity index (χ1v) is 9.84. The van der Waals surface area contributed by atoms with E-state index >= 15 is 0 Å². The number of anilines is 3. The standard InChI is InChI=1S/C19H14ClF3N4O2S/c1-29-10-7-12(17(28)27-18-24-4-5-30-18)15-14(8-10)25-16(26-15)11-3-2-9(20)6-13(11)19(21,22)23/h2-8,16,25-26H,1H3,(H,24,27,28). The zero-order valence-electron chi connectivity index (χ0n) is 15.3. The summed E-state index contributed by atoms with van der Waals surface area (Å²) in [5.74, 6) is -0.0951. The van der Waals surface area contributed by atoms with Crippen LogP contribution in [-0.4, -0.2) is 18.0 Å². The maximum Gasteiger partial charge on any atom is 0.416 e. The number of nitrogens with one attached hydrogen (secondary N) is 3. The van der Waals surface area contributed by atoms with Crippen molar-refractivity contribution in [3.8, 4) is 5.75 Å². The van der Waals surface area contributed by atoms with Crippen molar-refractivity contribution in [2.75, 3.05) is 23.1 Å². The van der Waals surface area contributed by atoms with Crippen molar-refractivity contribution in [2.45, 2.75) is 12.3 Å². The van der Waals surface area contributed by atoms with Gasteiger partial charge in [-0.3, -0.25) is 10.1 Å². The van der Waals surface area contributed by atoms with Gasteiger partial charge < -0.3 is 15.4 Å². The van der Waals surface area contributed by atoms with Gasteiger partial charge in [0.15, 0.2) is 5.13 Å². The average molecular weight is 455 g/mol. The number of alkyl halides is 3. The number of benzene rings is 2. The SMILES string of the molecule is COc1cc2c(c(C(=O)Nc3nccs3)c1)NC(c1ccc(Cl)cc1C(F)(F)F)N2. The number of carbonyl (C=O) groups excluding carboxylic acids is 1. The summed E-state index contributed by atoms with van der Waals surface area (Å²) in [6.07, 6.45) is -3.97. The number of rotatable bonds is 4. The average Bonchev–Trinajstić information content (AvgIpc) is 3.35. The molecule has 0 saturated carbocycles. The molecule has 30 heavy (non-hydrogen) atoms. The normalized spacial score (nSPS) is 15.2. The first-order valence-electron chi connectivity index (χ1n) is 8.59. The van der Waals surface area contributed by atoms with Gasteiger partial charge in [0.1, 0.15) is 11.9 Å². The number of nitrogens with zero attached hydrogens (tertiary/aromatic N) is 1. The number of ether oxygens (including phenoxy) is 1. The minimum atomic E-state index is -4.60. The lowest BCUT2D eigenvalue weighted by Crippen LogP contribution is -2.19. The predicted molar refractivity (Wildman–Crippen MR) is 110 cm³/mol. The van der Waals surface area contributed by atoms with Gasteiger partial charge in [0.25, 0.3) is 5.91 Å².